The number of anilines is 1. The third-order valence-electron chi connectivity index (χ3n) is 7.16. The third kappa shape index (κ3) is 5.76. The minimum Gasteiger partial charge on any atom is -0.316 e. The van der Waals surface area contributed by atoms with E-state index in [1.54, 1.807) is 11.3 Å². The van der Waals surface area contributed by atoms with E-state index in [4.69, 9.17) is 0 Å². The molecule has 4 rings (SSSR count). The zero-order valence-corrected chi connectivity index (χ0v) is 22.7. The van der Waals surface area contributed by atoms with Crippen molar-refractivity contribution in [3.8, 4) is 17.3 Å². The van der Waals surface area contributed by atoms with Gasteiger partial charge < -0.3 is 5.32 Å². The number of thioether (sulfide) groups is 1. The molecule has 0 aliphatic heterocycles. The lowest BCUT2D eigenvalue weighted by atomic mass is 9.69. The number of benzene rings is 1. The SMILES string of the molecule is CCC(C)(C)[C@@H]1CCc2c(sc(NC(=O)CSc3nc(C)cc(-c4ccc(C)cc4)n3)c2C#N)C1. The van der Waals surface area contributed by atoms with Crippen molar-refractivity contribution in [3.63, 3.8) is 0 Å². The van der Waals surface area contributed by atoms with Gasteiger partial charge in [0.1, 0.15) is 11.1 Å². The highest BCUT2D eigenvalue weighted by atomic mass is 32.2. The van der Waals surface area contributed by atoms with Crippen LogP contribution in [-0.4, -0.2) is 21.6 Å². The number of nitrogens with zero attached hydrogens (tertiary/aromatic N) is 3. The van der Waals surface area contributed by atoms with E-state index in [9.17, 15) is 10.1 Å². The molecule has 0 spiro atoms. The summed E-state index contributed by atoms with van der Waals surface area (Å²) < 4.78 is 0. The van der Waals surface area contributed by atoms with Crippen LogP contribution in [0.3, 0.4) is 0 Å². The topological polar surface area (TPSA) is 78.7 Å². The predicted octanol–water partition coefficient (Wildman–Crippen LogP) is 6.97. The number of nitrogens with one attached hydrogen (secondary N) is 1. The minimum absolute atomic E-state index is 0.141. The van der Waals surface area contributed by atoms with Gasteiger partial charge in [0.25, 0.3) is 0 Å². The fourth-order valence-electron chi connectivity index (χ4n) is 4.52. The summed E-state index contributed by atoms with van der Waals surface area (Å²) >= 11 is 2.89. The van der Waals surface area contributed by atoms with Gasteiger partial charge in [-0.1, -0.05) is 68.8 Å². The molecule has 1 aromatic carbocycles. The Balaban J connectivity index is 1.45. The van der Waals surface area contributed by atoms with Gasteiger partial charge in [-0.2, -0.15) is 5.26 Å². The molecule has 1 atom stereocenters. The van der Waals surface area contributed by atoms with Crippen molar-refractivity contribution < 1.29 is 4.79 Å². The standard InChI is InChI=1S/C28H32N4OS2/c1-6-28(4,5)20-11-12-21-22(15-29)26(35-24(21)14-20)32-25(33)16-34-27-30-18(3)13-23(31-27)19-9-7-17(2)8-10-19/h7-10,13,20H,6,11-12,14,16H2,1-5H3,(H,32,33)/t20-/m1/s1. The van der Waals surface area contributed by atoms with Gasteiger partial charge >= 0.3 is 0 Å². The molecule has 2 aromatic heterocycles. The second-order valence-corrected chi connectivity index (χ2v) is 12.0. The Hall–Kier alpha value is -2.69. The lowest BCUT2D eigenvalue weighted by Gasteiger charge is -2.36. The second-order valence-electron chi connectivity index (χ2n) is 9.98. The number of fused-ring (bicyclic) bond motifs is 1. The number of rotatable bonds is 7. The highest BCUT2D eigenvalue weighted by Gasteiger charge is 2.34. The molecule has 0 saturated carbocycles. The van der Waals surface area contributed by atoms with Crippen LogP contribution in [0.4, 0.5) is 5.00 Å². The van der Waals surface area contributed by atoms with Crippen LogP contribution in [0.2, 0.25) is 0 Å². The zero-order chi connectivity index (χ0) is 25.2. The zero-order valence-electron chi connectivity index (χ0n) is 21.1. The fourth-order valence-corrected chi connectivity index (χ4v) is 6.52. The number of carbonyl (C=O) groups is 1. The van der Waals surface area contributed by atoms with Gasteiger partial charge in [-0.05, 0) is 56.1 Å². The number of thiophene rings is 1. The van der Waals surface area contributed by atoms with Gasteiger partial charge in [0, 0.05) is 16.1 Å². The maximum Gasteiger partial charge on any atom is 0.235 e. The van der Waals surface area contributed by atoms with Gasteiger partial charge in [0.15, 0.2) is 5.16 Å². The van der Waals surface area contributed by atoms with Crippen LogP contribution in [0.5, 0.6) is 0 Å². The number of amides is 1. The van der Waals surface area contributed by atoms with Crippen LogP contribution in [0.15, 0.2) is 35.5 Å². The number of aryl methyl sites for hydroxylation is 2. The van der Waals surface area contributed by atoms with Crippen LogP contribution < -0.4 is 5.32 Å². The van der Waals surface area contributed by atoms with Crippen LogP contribution in [0, 0.1) is 36.5 Å². The van der Waals surface area contributed by atoms with Crippen molar-refractivity contribution in [2.24, 2.45) is 11.3 Å². The number of hydrogen-bond donors (Lipinski definition) is 1. The van der Waals surface area contributed by atoms with Crippen molar-refractivity contribution in [3.05, 3.63) is 57.6 Å². The lowest BCUT2D eigenvalue weighted by Crippen LogP contribution is -2.28. The maximum absolute atomic E-state index is 12.8. The Morgan fingerprint density at radius 1 is 1.26 bits per heavy atom. The van der Waals surface area contributed by atoms with Crippen molar-refractivity contribution in [2.45, 2.75) is 65.5 Å². The molecule has 1 amide bonds. The molecule has 3 aromatic rings. The molecule has 2 heterocycles. The van der Waals surface area contributed by atoms with E-state index in [-0.39, 0.29) is 17.1 Å². The van der Waals surface area contributed by atoms with Gasteiger partial charge in [-0.3, -0.25) is 4.79 Å². The Kier molecular flexibility index (Phi) is 7.63. The van der Waals surface area contributed by atoms with Crippen LogP contribution in [0.25, 0.3) is 11.3 Å². The van der Waals surface area contributed by atoms with E-state index in [1.165, 1.54) is 22.2 Å². The number of aromatic nitrogens is 2. The molecule has 5 nitrogen and oxygen atoms in total. The first-order valence-corrected chi connectivity index (χ1v) is 13.9. The van der Waals surface area contributed by atoms with Crippen molar-refractivity contribution in [1.29, 1.82) is 5.26 Å². The normalized spacial score (nSPS) is 15.4. The molecule has 0 bridgehead atoms. The largest absolute Gasteiger partial charge is 0.316 e. The number of hydrogen-bond acceptors (Lipinski definition) is 6. The first-order valence-electron chi connectivity index (χ1n) is 12.1. The second kappa shape index (κ2) is 10.5. The molecule has 0 saturated heterocycles. The Labute approximate surface area is 216 Å². The molecular formula is C28H32N4OS2. The summed E-state index contributed by atoms with van der Waals surface area (Å²) in [7, 11) is 0. The van der Waals surface area contributed by atoms with E-state index >= 15 is 0 Å². The smallest absolute Gasteiger partial charge is 0.235 e. The summed E-state index contributed by atoms with van der Waals surface area (Å²) in [5.74, 6) is 0.651. The summed E-state index contributed by atoms with van der Waals surface area (Å²) in [6.45, 7) is 10.9. The molecule has 1 N–H and O–H groups in total. The summed E-state index contributed by atoms with van der Waals surface area (Å²) in [6.07, 6.45) is 4.12. The predicted molar refractivity (Wildman–Crippen MR) is 145 cm³/mol. The van der Waals surface area contributed by atoms with Gasteiger partial charge in [0.2, 0.25) is 5.91 Å². The average molecular weight is 505 g/mol. The lowest BCUT2D eigenvalue weighted by molar-refractivity contribution is -0.113. The molecular weight excluding hydrogens is 472 g/mol. The average Bonchev–Trinajstić information content (AvgIpc) is 3.18. The number of carbonyl (C=O) groups excluding carboxylic acids is 1. The van der Waals surface area contributed by atoms with Crippen molar-refractivity contribution in [1.82, 2.24) is 9.97 Å². The molecule has 35 heavy (non-hydrogen) atoms. The molecule has 0 unspecified atom stereocenters. The highest BCUT2D eigenvalue weighted by molar-refractivity contribution is 7.99. The molecule has 182 valence electrons. The van der Waals surface area contributed by atoms with Crippen LogP contribution in [-0.2, 0) is 17.6 Å². The Bertz CT molecular complexity index is 1270. The monoisotopic (exact) mass is 504 g/mol. The molecule has 0 fully saturated rings. The number of nitriles is 1. The fraction of sp³-hybridized carbons (Fsp3) is 0.429. The Morgan fingerprint density at radius 3 is 2.69 bits per heavy atom. The van der Waals surface area contributed by atoms with Gasteiger partial charge in [0.05, 0.1) is 17.0 Å². The van der Waals surface area contributed by atoms with Crippen LogP contribution >= 0.6 is 23.1 Å². The maximum atomic E-state index is 12.8. The molecule has 1 aliphatic rings. The minimum atomic E-state index is -0.141. The van der Waals surface area contributed by atoms with E-state index in [0.717, 1.165) is 48.2 Å². The van der Waals surface area contributed by atoms with E-state index < -0.39 is 0 Å². The highest BCUT2D eigenvalue weighted by Crippen LogP contribution is 2.45. The van der Waals surface area contributed by atoms with Crippen molar-refractivity contribution >= 4 is 34.0 Å². The summed E-state index contributed by atoms with van der Waals surface area (Å²) in [5.41, 5.74) is 5.99. The van der Waals surface area contributed by atoms with Gasteiger partial charge in [-0.15, -0.1) is 11.3 Å². The van der Waals surface area contributed by atoms with E-state index in [0.29, 0.717) is 21.6 Å². The molecule has 0 radical (unpaired) electrons. The molecule has 7 heteroatoms. The van der Waals surface area contributed by atoms with E-state index in [2.05, 4.69) is 61.2 Å². The molecule has 1 aliphatic carbocycles. The summed E-state index contributed by atoms with van der Waals surface area (Å²) in [6, 6.07) is 12.5. The Morgan fingerprint density at radius 2 is 2.00 bits per heavy atom. The summed E-state index contributed by atoms with van der Waals surface area (Å²) in [5, 5.41) is 14.1. The van der Waals surface area contributed by atoms with Crippen LogP contribution in [0.1, 0.15) is 60.9 Å². The third-order valence-corrected chi connectivity index (χ3v) is 9.18. The van der Waals surface area contributed by atoms with E-state index in [1.807, 2.05) is 25.1 Å². The summed E-state index contributed by atoms with van der Waals surface area (Å²) in [4.78, 5) is 23.2. The quantitative estimate of drug-likeness (QED) is 0.278. The first kappa shape index (κ1) is 25.4. The van der Waals surface area contributed by atoms with Crippen molar-refractivity contribution in [2.75, 3.05) is 11.1 Å². The first-order chi connectivity index (χ1) is 16.7. The van der Waals surface area contributed by atoms with Gasteiger partial charge in [-0.25, -0.2) is 9.97 Å².